The first-order valence-electron chi connectivity index (χ1n) is 18.4. The van der Waals surface area contributed by atoms with Crippen molar-refractivity contribution >= 4 is 11.9 Å². The molecule has 0 radical (unpaired) electrons. The fraction of sp³-hybridized carbons (Fsp3) is 0.550. The van der Waals surface area contributed by atoms with Gasteiger partial charge in [-0.3, -0.25) is 4.79 Å². The number of likely N-dealkylation sites (tertiary alicyclic amines) is 1. The maximum Gasteiger partial charge on any atom is 0.334 e. The lowest BCUT2D eigenvalue weighted by atomic mass is 10.1. The minimum absolute atomic E-state index is 0.168. The molecule has 48 heavy (non-hydrogen) atoms. The normalized spacial score (nSPS) is 14.2. The number of unbranched alkanes of at least 4 members (excludes halogenated alkanes) is 12. The first-order chi connectivity index (χ1) is 23.6. The summed E-state index contributed by atoms with van der Waals surface area (Å²) in [6, 6.07) is 14.2. The fourth-order valence-corrected chi connectivity index (χ4v) is 6.03. The van der Waals surface area contributed by atoms with Gasteiger partial charge in [0.2, 0.25) is 0 Å². The second-order valence-electron chi connectivity index (χ2n) is 12.8. The van der Waals surface area contributed by atoms with Crippen molar-refractivity contribution in [3.05, 3.63) is 66.5 Å². The van der Waals surface area contributed by atoms with Gasteiger partial charge in [-0.15, -0.1) is 0 Å². The van der Waals surface area contributed by atoms with Gasteiger partial charge in [0, 0.05) is 30.1 Å². The van der Waals surface area contributed by atoms with E-state index in [4.69, 9.17) is 14.2 Å². The van der Waals surface area contributed by atoms with Crippen molar-refractivity contribution in [3.8, 4) is 28.6 Å². The van der Waals surface area contributed by atoms with Crippen LogP contribution in [0.15, 0.2) is 60.9 Å². The maximum atomic E-state index is 13.4. The number of nitrogens with zero attached hydrogens (tertiary/aromatic N) is 3. The van der Waals surface area contributed by atoms with Crippen LogP contribution in [0.25, 0.3) is 11.1 Å². The van der Waals surface area contributed by atoms with Crippen molar-refractivity contribution in [2.24, 2.45) is 0 Å². The standard InChI is InChI=1S/C40H55N3O5/c1-3-5-7-9-11-12-14-15-28-46-35-23-21-33(22-24-35)38(44)43-27-17-18-37(43)39(45)48-36-25-19-32(20-26-36)34-30-41-40(42-31-34)47-29-16-13-10-8-6-4-2/h19-26,30-31,37H,3-18,27-29H2,1-2H3/t37-/m0/s1. The van der Waals surface area contributed by atoms with Crippen LogP contribution < -0.4 is 14.2 Å². The van der Waals surface area contributed by atoms with Crippen LogP contribution in [0.2, 0.25) is 0 Å². The molecule has 1 fully saturated rings. The highest BCUT2D eigenvalue weighted by Crippen LogP contribution is 2.26. The number of aromatic nitrogens is 2. The first-order valence-corrected chi connectivity index (χ1v) is 18.4. The van der Waals surface area contributed by atoms with E-state index in [0.717, 1.165) is 42.6 Å². The van der Waals surface area contributed by atoms with Gasteiger partial charge < -0.3 is 19.1 Å². The summed E-state index contributed by atoms with van der Waals surface area (Å²) in [5, 5.41) is 0. The van der Waals surface area contributed by atoms with Crippen molar-refractivity contribution < 1.29 is 23.8 Å². The average Bonchev–Trinajstić information content (AvgIpc) is 3.62. The third-order valence-corrected chi connectivity index (χ3v) is 8.92. The van der Waals surface area contributed by atoms with Gasteiger partial charge in [0.15, 0.2) is 0 Å². The molecular weight excluding hydrogens is 602 g/mol. The van der Waals surface area contributed by atoms with E-state index in [2.05, 4.69) is 23.8 Å². The molecule has 0 saturated carbocycles. The Labute approximate surface area is 287 Å². The lowest BCUT2D eigenvalue weighted by Crippen LogP contribution is -2.42. The molecule has 0 N–H and O–H groups in total. The molecule has 0 spiro atoms. The average molecular weight is 658 g/mol. The van der Waals surface area contributed by atoms with Gasteiger partial charge >= 0.3 is 12.0 Å². The number of carbonyl (C=O) groups excluding carboxylic acids is 2. The van der Waals surface area contributed by atoms with Crippen molar-refractivity contribution in [2.45, 2.75) is 123 Å². The Bertz CT molecular complexity index is 1340. The van der Waals surface area contributed by atoms with Gasteiger partial charge in [0.05, 0.1) is 13.2 Å². The zero-order chi connectivity index (χ0) is 33.8. The van der Waals surface area contributed by atoms with Crippen molar-refractivity contribution in [1.29, 1.82) is 0 Å². The zero-order valence-corrected chi connectivity index (χ0v) is 29.2. The minimum Gasteiger partial charge on any atom is -0.494 e. The summed E-state index contributed by atoms with van der Waals surface area (Å²) >= 11 is 0. The quantitative estimate of drug-likeness (QED) is 0.0604. The number of rotatable bonds is 22. The third kappa shape index (κ3) is 12.3. The van der Waals surface area contributed by atoms with Crippen LogP contribution in [0, 0.1) is 0 Å². The predicted molar refractivity (Wildman–Crippen MR) is 191 cm³/mol. The molecule has 1 aliphatic rings. The highest BCUT2D eigenvalue weighted by atomic mass is 16.5. The highest BCUT2D eigenvalue weighted by molar-refractivity contribution is 5.97. The topological polar surface area (TPSA) is 90.9 Å². The number of hydrogen-bond acceptors (Lipinski definition) is 7. The fourth-order valence-electron chi connectivity index (χ4n) is 6.03. The molecule has 0 aliphatic carbocycles. The van der Waals surface area contributed by atoms with Crippen LogP contribution in [-0.4, -0.2) is 52.5 Å². The molecule has 4 rings (SSSR count). The maximum absolute atomic E-state index is 13.4. The minimum atomic E-state index is -0.618. The summed E-state index contributed by atoms with van der Waals surface area (Å²) in [7, 11) is 0. The predicted octanol–water partition coefficient (Wildman–Crippen LogP) is 9.61. The van der Waals surface area contributed by atoms with Gasteiger partial charge in [-0.25, -0.2) is 14.8 Å². The largest absolute Gasteiger partial charge is 0.494 e. The number of ether oxygens (including phenoxy) is 3. The van der Waals surface area contributed by atoms with Gasteiger partial charge in [-0.1, -0.05) is 103 Å². The molecule has 2 heterocycles. The van der Waals surface area contributed by atoms with E-state index < -0.39 is 12.0 Å². The summed E-state index contributed by atoms with van der Waals surface area (Å²) in [4.78, 5) is 36.8. The van der Waals surface area contributed by atoms with Crippen LogP contribution >= 0.6 is 0 Å². The monoisotopic (exact) mass is 657 g/mol. The Balaban J connectivity index is 1.19. The number of benzene rings is 2. The van der Waals surface area contributed by atoms with Crippen LogP contribution in [0.5, 0.6) is 17.5 Å². The van der Waals surface area contributed by atoms with E-state index in [-0.39, 0.29) is 5.91 Å². The molecule has 0 bridgehead atoms. The first kappa shape index (κ1) is 36.9. The molecule has 1 amide bonds. The third-order valence-electron chi connectivity index (χ3n) is 8.92. The second-order valence-corrected chi connectivity index (χ2v) is 12.8. The van der Waals surface area contributed by atoms with Crippen LogP contribution in [0.3, 0.4) is 0 Å². The van der Waals surface area contributed by atoms with Crippen molar-refractivity contribution in [2.75, 3.05) is 19.8 Å². The van der Waals surface area contributed by atoms with Gasteiger partial charge in [-0.2, -0.15) is 0 Å². The highest BCUT2D eigenvalue weighted by Gasteiger charge is 2.36. The molecule has 8 nitrogen and oxygen atoms in total. The summed E-state index contributed by atoms with van der Waals surface area (Å²) < 4.78 is 17.3. The van der Waals surface area contributed by atoms with Crippen molar-refractivity contribution in [3.63, 3.8) is 0 Å². The molecule has 2 aromatic carbocycles. The molecular formula is C40H55N3O5. The lowest BCUT2D eigenvalue weighted by Gasteiger charge is -2.23. The molecule has 260 valence electrons. The summed E-state index contributed by atoms with van der Waals surface area (Å²) in [6.07, 6.45) is 22.1. The zero-order valence-electron chi connectivity index (χ0n) is 29.2. The number of amides is 1. The Hall–Kier alpha value is -3.94. The van der Waals surface area contributed by atoms with Crippen LogP contribution in [0.1, 0.15) is 127 Å². The molecule has 1 atom stereocenters. The van der Waals surface area contributed by atoms with E-state index in [9.17, 15) is 9.59 Å². The summed E-state index contributed by atoms with van der Waals surface area (Å²) in [5.41, 5.74) is 2.29. The molecule has 1 saturated heterocycles. The van der Waals surface area contributed by atoms with Gasteiger partial charge in [0.1, 0.15) is 17.5 Å². The molecule has 1 aliphatic heterocycles. The van der Waals surface area contributed by atoms with E-state index in [1.54, 1.807) is 41.6 Å². The Morgan fingerprint density at radius 3 is 1.81 bits per heavy atom. The summed E-state index contributed by atoms with van der Waals surface area (Å²) in [5.74, 6) is 0.600. The molecule has 1 aromatic heterocycles. The number of carbonyl (C=O) groups is 2. The number of esters is 1. The molecule has 0 unspecified atom stereocenters. The van der Waals surface area contributed by atoms with E-state index in [1.807, 2.05) is 24.3 Å². The second kappa shape index (κ2) is 21.1. The Morgan fingerprint density at radius 1 is 0.667 bits per heavy atom. The lowest BCUT2D eigenvalue weighted by molar-refractivity contribution is -0.138. The number of hydrogen-bond donors (Lipinski definition) is 0. The van der Waals surface area contributed by atoms with Crippen LogP contribution in [0.4, 0.5) is 0 Å². The Kier molecular flexibility index (Phi) is 16.2. The Morgan fingerprint density at radius 2 is 1.21 bits per heavy atom. The molecule has 3 aromatic rings. The van der Waals surface area contributed by atoms with Crippen LogP contribution in [-0.2, 0) is 4.79 Å². The van der Waals surface area contributed by atoms with E-state index in [1.165, 1.54) is 70.6 Å². The van der Waals surface area contributed by atoms with Crippen molar-refractivity contribution in [1.82, 2.24) is 14.9 Å². The van der Waals surface area contributed by atoms with E-state index >= 15 is 0 Å². The van der Waals surface area contributed by atoms with Gasteiger partial charge in [-0.05, 0) is 67.6 Å². The van der Waals surface area contributed by atoms with E-state index in [0.29, 0.717) is 43.5 Å². The van der Waals surface area contributed by atoms with Gasteiger partial charge in [0.25, 0.3) is 5.91 Å². The SMILES string of the molecule is CCCCCCCCCCOc1ccc(C(=O)N2CCC[C@H]2C(=O)Oc2ccc(-c3cnc(OCCCCCCCC)nc3)cc2)cc1. The molecule has 8 heteroatoms. The summed E-state index contributed by atoms with van der Waals surface area (Å²) in [6.45, 7) is 6.28. The smallest absolute Gasteiger partial charge is 0.334 e.